The molecule has 6 heteroatoms. The highest BCUT2D eigenvalue weighted by molar-refractivity contribution is 6.40. The van der Waals surface area contributed by atoms with Crippen LogP contribution in [0.15, 0.2) is 54.6 Å². The quantitative estimate of drug-likeness (QED) is 0.607. The van der Waals surface area contributed by atoms with Gasteiger partial charge in [0.05, 0.1) is 21.1 Å². The average Bonchev–Trinajstić information content (AvgIpc) is 2.89. The summed E-state index contributed by atoms with van der Waals surface area (Å²) in [4.78, 5) is 24.7. The molecule has 0 fully saturated rings. The van der Waals surface area contributed by atoms with Crippen molar-refractivity contribution in [2.24, 2.45) is 0 Å². The summed E-state index contributed by atoms with van der Waals surface area (Å²) >= 11 is 12.4. The van der Waals surface area contributed by atoms with Crippen molar-refractivity contribution < 1.29 is 9.59 Å². The standard InChI is InChI=1S/C20H16Cl2N2O2/c1-3-5-18(25)23-14-8-9-17-13(11-14)10-12(2)24(17)20(26)19-15(21)6-4-7-16(19)22/h3-11H,1-2H3,(H,23,25)/b5-3+. The fourth-order valence-corrected chi connectivity index (χ4v) is 3.41. The van der Waals surface area contributed by atoms with Crippen LogP contribution in [0.2, 0.25) is 10.0 Å². The number of amides is 1. The first-order valence-electron chi connectivity index (χ1n) is 7.97. The summed E-state index contributed by atoms with van der Waals surface area (Å²) in [5, 5.41) is 4.22. The smallest absolute Gasteiger partial charge is 0.265 e. The van der Waals surface area contributed by atoms with Crippen molar-refractivity contribution in [3.63, 3.8) is 0 Å². The van der Waals surface area contributed by atoms with Gasteiger partial charge in [-0.1, -0.05) is 35.3 Å². The van der Waals surface area contributed by atoms with Crippen LogP contribution in [0.25, 0.3) is 10.9 Å². The first-order valence-corrected chi connectivity index (χ1v) is 8.72. The largest absolute Gasteiger partial charge is 0.322 e. The minimum Gasteiger partial charge on any atom is -0.322 e. The highest BCUT2D eigenvalue weighted by atomic mass is 35.5. The van der Waals surface area contributed by atoms with E-state index in [0.29, 0.717) is 21.2 Å². The van der Waals surface area contributed by atoms with E-state index in [1.165, 1.54) is 6.08 Å². The highest BCUT2D eigenvalue weighted by Crippen LogP contribution is 2.29. The minimum atomic E-state index is -0.293. The molecule has 0 aliphatic rings. The molecular formula is C20H16Cl2N2O2. The van der Waals surface area contributed by atoms with E-state index in [4.69, 9.17) is 23.2 Å². The molecule has 0 bridgehead atoms. The molecule has 132 valence electrons. The summed E-state index contributed by atoms with van der Waals surface area (Å²) in [6, 6.07) is 12.2. The third-order valence-electron chi connectivity index (χ3n) is 3.95. The summed E-state index contributed by atoms with van der Waals surface area (Å²) in [7, 11) is 0. The Morgan fingerprint density at radius 1 is 1.08 bits per heavy atom. The maximum atomic E-state index is 13.0. The van der Waals surface area contributed by atoms with E-state index in [9.17, 15) is 9.59 Å². The van der Waals surface area contributed by atoms with Gasteiger partial charge < -0.3 is 5.32 Å². The van der Waals surface area contributed by atoms with Crippen molar-refractivity contribution in [2.45, 2.75) is 13.8 Å². The molecular weight excluding hydrogens is 371 g/mol. The fourth-order valence-electron chi connectivity index (χ4n) is 2.85. The lowest BCUT2D eigenvalue weighted by atomic mass is 10.2. The van der Waals surface area contributed by atoms with Crippen molar-refractivity contribution in [2.75, 3.05) is 5.32 Å². The van der Waals surface area contributed by atoms with Gasteiger partial charge in [0.15, 0.2) is 0 Å². The van der Waals surface area contributed by atoms with Crippen molar-refractivity contribution in [1.82, 2.24) is 4.57 Å². The second kappa shape index (κ2) is 7.36. The zero-order valence-corrected chi connectivity index (χ0v) is 15.7. The molecule has 0 saturated carbocycles. The van der Waals surface area contributed by atoms with Gasteiger partial charge in [0, 0.05) is 16.8 Å². The summed E-state index contributed by atoms with van der Waals surface area (Å²) < 4.78 is 1.57. The molecule has 0 aliphatic heterocycles. The number of carbonyl (C=O) groups is 2. The van der Waals surface area contributed by atoms with Gasteiger partial charge in [-0.05, 0) is 56.3 Å². The molecule has 4 nitrogen and oxygen atoms in total. The van der Waals surface area contributed by atoms with E-state index in [1.807, 2.05) is 19.1 Å². The van der Waals surface area contributed by atoms with Crippen LogP contribution in [0.5, 0.6) is 0 Å². The van der Waals surface area contributed by atoms with Crippen LogP contribution in [-0.4, -0.2) is 16.4 Å². The zero-order chi connectivity index (χ0) is 18.8. The number of aromatic nitrogens is 1. The third kappa shape index (κ3) is 3.39. The predicted octanol–water partition coefficient (Wildman–Crippen LogP) is 5.46. The Kier molecular flexibility index (Phi) is 5.16. The molecule has 1 heterocycles. The van der Waals surface area contributed by atoms with Crippen LogP contribution < -0.4 is 5.32 Å². The Morgan fingerprint density at radius 3 is 2.42 bits per heavy atom. The van der Waals surface area contributed by atoms with Gasteiger partial charge in [-0.3, -0.25) is 14.2 Å². The minimum absolute atomic E-state index is 0.207. The number of carbonyl (C=O) groups excluding carboxylic acids is 2. The summed E-state index contributed by atoms with van der Waals surface area (Å²) in [6.45, 7) is 3.61. The lowest BCUT2D eigenvalue weighted by Gasteiger charge is -2.10. The molecule has 0 spiro atoms. The number of nitrogens with one attached hydrogen (secondary N) is 1. The molecule has 0 atom stereocenters. The van der Waals surface area contributed by atoms with E-state index >= 15 is 0 Å². The van der Waals surface area contributed by atoms with E-state index in [0.717, 1.165) is 11.1 Å². The van der Waals surface area contributed by atoms with Crippen LogP contribution in [0.3, 0.4) is 0 Å². The monoisotopic (exact) mass is 386 g/mol. The number of hydrogen-bond donors (Lipinski definition) is 1. The molecule has 1 N–H and O–H groups in total. The topological polar surface area (TPSA) is 51.1 Å². The molecule has 1 aromatic heterocycles. The number of halogens is 2. The van der Waals surface area contributed by atoms with Crippen molar-refractivity contribution in [3.8, 4) is 0 Å². The first-order chi connectivity index (χ1) is 12.4. The summed E-state index contributed by atoms with van der Waals surface area (Å²) in [6.07, 6.45) is 3.12. The number of nitrogens with zero attached hydrogens (tertiary/aromatic N) is 1. The van der Waals surface area contributed by atoms with Gasteiger partial charge in [-0.25, -0.2) is 0 Å². The molecule has 0 saturated heterocycles. The predicted molar refractivity (Wildman–Crippen MR) is 106 cm³/mol. The van der Waals surface area contributed by atoms with Gasteiger partial charge in [0.25, 0.3) is 5.91 Å². The molecule has 0 unspecified atom stereocenters. The number of fused-ring (bicyclic) bond motifs is 1. The van der Waals surface area contributed by atoms with Crippen LogP contribution in [0.4, 0.5) is 5.69 Å². The fraction of sp³-hybridized carbons (Fsp3) is 0.100. The number of hydrogen-bond acceptors (Lipinski definition) is 2. The Bertz CT molecular complexity index is 1030. The second-order valence-corrected chi connectivity index (χ2v) is 6.60. The molecule has 0 radical (unpaired) electrons. The SMILES string of the molecule is C/C=C/C(=O)Nc1ccc2c(c1)cc(C)n2C(=O)c1c(Cl)cccc1Cl. The van der Waals surface area contributed by atoms with Crippen LogP contribution >= 0.6 is 23.2 Å². The molecule has 26 heavy (non-hydrogen) atoms. The maximum absolute atomic E-state index is 13.0. The Hall–Kier alpha value is -2.56. The average molecular weight is 387 g/mol. The summed E-state index contributed by atoms with van der Waals surface area (Å²) in [5.41, 5.74) is 2.38. The second-order valence-electron chi connectivity index (χ2n) is 5.79. The van der Waals surface area contributed by atoms with Gasteiger partial charge in [0.1, 0.15) is 0 Å². The van der Waals surface area contributed by atoms with E-state index in [2.05, 4.69) is 5.32 Å². The van der Waals surface area contributed by atoms with Gasteiger partial charge in [-0.2, -0.15) is 0 Å². The van der Waals surface area contributed by atoms with Crippen molar-refractivity contribution >= 4 is 51.6 Å². The van der Waals surface area contributed by atoms with Crippen LogP contribution in [0.1, 0.15) is 23.0 Å². The van der Waals surface area contributed by atoms with Crippen molar-refractivity contribution in [3.05, 3.63) is 75.9 Å². The molecule has 3 aromatic rings. The first kappa shape index (κ1) is 18.2. The molecule has 0 aliphatic carbocycles. The van der Waals surface area contributed by atoms with Crippen LogP contribution in [-0.2, 0) is 4.79 Å². The Morgan fingerprint density at radius 2 is 1.77 bits per heavy atom. The van der Waals surface area contributed by atoms with Crippen molar-refractivity contribution in [1.29, 1.82) is 0 Å². The van der Waals surface area contributed by atoms with Crippen LogP contribution in [0, 0.1) is 6.92 Å². The van der Waals surface area contributed by atoms with Gasteiger partial charge >= 0.3 is 0 Å². The third-order valence-corrected chi connectivity index (χ3v) is 4.58. The zero-order valence-electron chi connectivity index (χ0n) is 14.2. The van der Waals surface area contributed by atoms with E-state index < -0.39 is 0 Å². The van der Waals surface area contributed by atoms with Gasteiger partial charge in [0.2, 0.25) is 5.91 Å². The number of anilines is 1. The van der Waals surface area contributed by atoms with E-state index in [-0.39, 0.29) is 17.4 Å². The number of allylic oxidation sites excluding steroid dienone is 1. The molecule has 2 aromatic carbocycles. The highest BCUT2D eigenvalue weighted by Gasteiger charge is 2.20. The lowest BCUT2D eigenvalue weighted by Crippen LogP contribution is -2.14. The maximum Gasteiger partial charge on any atom is 0.265 e. The van der Waals surface area contributed by atoms with E-state index in [1.54, 1.807) is 47.9 Å². The summed E-state index contributed by atoms with van der Waals surface area (Å²) in [5.74, 6) is -0.499. The molecule has 3 rings (SSSR count). The normalized spacial score (nSPS) is 11.2. The number of benzene rings is 2. The van der Waals surface area contributed by atoms with Gasteiger partial charge in [-0.15, -0.1) is 0 Å². The number of rotatable bonds is 3. The Balaban J connectivity index is 2.06. The number of aryl methyl sites for hydroxylation is 1. The lowest BCUT2D eigenvalue weighted by molar-refractivity contribution is -0.111. The Labute approximate surface area is 161 Å². The molecule has 1 amide bonds.